The third-order valence-corrected chi connectivity index (χ3v) is 13.5. The van der Waals surface area contributed by atoms with Crippen molar-refractivity contribution in [2.75, 3.05) is 9.80 Å². The van der Waals surface area contributed by atoms with Crippen molar-refractivity contribution in [2.45, 2.75) is 124 Å². The molecule has 2 aromatic heterocycles. The van der Waals surface area contributed by atoms with E-state index in [-0.39, 0.29) is 48.1 Å². The normalized spacial score (nSPS) is 13.6. The van der Waals surface area contributed by atoms with E-state index in [1.807, 2.05) is 12.3 Å². The van der Waals surface area contributed by atoms with E-state index in [9.17, 15) is 0 Å². The van der Waals surface area contributed by atoms with E-state index in [1.54, 1.807) is 0 Å². The van der Waals surface area contributed by atoms with Crippen molar-refractivity contribution in [3.8, 4) is 17.3 Å². The zero-order valence-electron chi connectivity index (χ0n) is 41.8. The average molecular weight is 1070 g/mol. The first-order valence-corrected chi connectivity index (χ1v) is 23.4. The number of rotatable bonds is 7. The van der Waals surface area contributed by atoms with Gasteiger partial charge in [-0.05, 0) is 103 Å². The van der Waals surface area contributed by atoms with Crippen molar-refractivity contribution in [2.24, 2.45) is 0 Å². The molecule has 0 radical (unpaired) electrons. The summed E-state index contributed by atoms with van der Waals surface area (Å²) in [7, 11) is 0. The maximum atomic E-state index is 7.03. The van der Waals surface area contributed by atoms with Crippen molar-refractivity contribution in [3.63, 3.8) is 0 Å². The Morgan fingerprint density at radius 3 is 1.79 bits per heavy atom. The summed E-state index contributed by atoms with van der Waals surface area (Å²) in [4.78, 5) is 9.57. The molecule has 0 atom stereocenters. The van der Waals surface area contributed by atoms with Gasteiger partial charge in [-0.3, -0.25) is 0 Å². The second-order valence-electron chi connectivity index (χ2n) is 22.9. The summed E-state index contributed by atoms with van der Waals surface area (Å²) in [5.41, 5.74) is 13.1. The molecule has 5 nitrogen and oxygen atoms in total. The summed E-state index contributed by atoms with van der Waals surface area (Å²) in [6.45, 7) is 34.0. The Kier molecular flexibility index (Phi) is 12.2. The summed E-state index contributed by atoms with van der Waals surface area (Å²) >= 11 is 0. The van der Waals surface area contributed by atoms with Crippen LogP contribution in [0.25, 0.3) is 27.6 Å². The molecule has 0 amide bonds. The molecule has 67 heavy (non-hydrogen) atoms. The number of hydrogen-bond donors (Lipinski definition) is 0. The van der Waals surface area contributed by atoms with Gasteiger partial charge in [0.25, 0.3) is 0 Å². The Bertz CT molecular complexity index is 3120. The molecular formula is C61H65N4OPt-3. The molecule has 6 aromatic carbocycles. The van der Waals surface area contributed by atoms with Crippen LogP contribution >= 0.6 is 0 Å². The fraction of sp³-hybridized carbons (Fsp3) is 0.311. The number of anilines is 4. The molecular weight excluding hydrogens is 1000 g/mol. The van der Waals surface area contributed by atoms with Crippen molar-refractivity contribution < 1.29 is 25.8 Å². The minimum absolute atomic E-state index is 0. The standard InChI is InChI=1S/C61H65N4O.Pt/c1-57(2,3)41-21-18-22-46(31-41)63-39-64(55-35-43(59(7,8)9)24-28-53(55)63)47-32-45(61(13,14)40-19-16-15-17-20-40)33-49(37-47)66-48-25-26-50-51-34-42(58(4,5)6)23-27-52(51)65(54(50)38-48)56-36-44(29-30-62-56)60(10,11)12;/h15-36,39H,1-14H3;/q-3;. The van der Waals surface area contributed by atoms with Gasteiger partial charge in [0.1, 0.15) is 5.82 Å². The number of aromatic nitrogens is 2. The minimum Gasteiger partial charge on any atom is -0.509 e. The van der Waals surface area contributed by atoms with Crippen molar-refractivity contribution in [1.29, 1.82) is 0 Å². The summed E-state index contributed by atoms with van der Waals surface area (Å²) in [6.07, 6.45) is 1.92. The van der Waals surface area contributed by atoms with E-state index in [0.717, 1.165) is 50.6 Å². The van der Waals surface area contributed by atoms with Crippen LogP contribution in [0.15, 0.2) is 134 Å². The molecule has 0 aliphatic carbocycles. The van der Waals surface area contributed by atoms with Gasteiger partial charge in [0.15, 0.2) is 0 Å². The monoisotopic (exact) mass is 1060 g/mol. The maximum absolute atomic E-state index is 7.03. The van der Waals surface area contributed by atoms with Crippen molar-refractivity contribution in [1.82, 2.24) is 9.55 Å². The van der Waals surface area contributed by atoms with E-state index in [0.29, 0.717) is 11.5 Å². The number of fused-ring (bicyclic) bond motifs is 4. The van der Waals surface area contributed by atoms with Gasteiger partial charge >= 0.3 is 0 Å². The second-order valence-corrected chi connectivity index (χ2v) is 22.9. The van der Waals surface area contributed by atoms with Crippen LogP contribution in [0.3, 0.4) is 0 Å². The van der Waals surface area contributed by atoms with E-state index < -0.39 is 0 Å². The first-order valence-electron chi connectivity index (χ1n) is 23.4. The molecule has 1 aliphatic heterocycles. The zero-order valence-corrected chi connectivity index (χ0v) is 44.1. The van der Waals surface area contributed by atoms with Crippen LogP contribution in [0.5, 0.6) is 11.5 Å². The number of hydrogen-bond acceptors (Lipinski definition) is 4. The summed E-state index contributed by atoms with van der Waals surface area (Å²) in [5.74, 6) is 2.07. The molecule has 1 aliphatic rings. The maximum Gasteiger partial charge on any atom is 0.135 e. The first-order chi connectivity index (χ1) is 31.0. The predicted octanol–water partition coefficient (Wildman–Crippen LogP) is 16.5. The molecule has 0 fully saturated rings. The topological polar surface area (TPSA) is 33.5 Å². The van der Waals surface area contributed by atoms with Crippen molar-refractivity contribution >= 4 is 44.6 Å². The van der Waals surface area contributed by atoms with Crippen LogP contribution in [0, 0.1) is 18.8 Å². The van der Waals surface area contributed by atoms with Gasteiger partial charge in [-0.1, -0.05) is 163 Å². The molecule has 0 unspecified atom stereocenters. The van der Waals surface area contributed by atoms with Crippen molar-refractivity contribution in [3.05, 3.63) is 186 Å². The number of benzene rings is 6. The Hall–Kier alpha value is -5.64. The molecule has 6 heteroatoms. The third kappa shape index (κ3) is 9.21. The van der Waals surface area contributed by atoms with E-state index in [2.05, 4.69) is 251 Å². The van der Waals surface area contributed by atoms with Gasteiger partial charge in [0.2, 0.25) is 0 Å². The number of ether oxygens (including phenoxy) is 1. The van der Waals surface area contributed by atoms with Crippen LogP contribution in [0.1, 0.15) is 130 Å². The average Bonchev–Trinajstić information content (AvgIpc) is 3.81. The summed E-state index contributed by atoms with van der Waals surface area (Å²) in [5, 5.41) is 2.27. The Morgan fingerprint density at radius 1 is 0.478 bits per heavy atom. The van der Waals surface area contributed by atoms with E-state index in [4.69, 9.17) is 9.72 Å². The first kappa shape index (κ1) is 47.8. The molecule has 0 spiro atoms. The van der Waals surface area contributed by atoms with Crippen LogP contribution < -0.4 is 14.5 Å². The van der Waals surface area contributed by atoms with Gasteiger partial charge in [-0.15, -0.1) is 53.6 Å². The van der Waals surface area contributed by atoms with Crippen LogP contribution in [0.4, 0.5) is 22.7 Å². The Balaban J connectivity index is 0.00000608. The SMILES string of the molecule is CC(C)(C)c1cccc(N2[CH-]N(c3[c-]c(Oc4[c-]c5c(cc4)c4cc(C(C)(C)C)ccc4n5-c4cc(C(C)(C)C)ccn4)cc(C(C)(C)c4ccccc4)c3)c3cc(C(C)(C)C)ccc32)c1.[Pt]. The van der Waals surface area contributed by atoms with Gasteiger partial charge in [-0.2, -0.15) is 6.07 Å². The Labute approximate surface area is 414 Å². The third-order valence-electron chi connectivity index (χ3n) is 13.5. The predicted molar refractivity (Wildman–Crippen MR) is 278 cm³/mol. The number of nitrogens with zero attached hydrogens (tertiary/aromatic N) is 4. The van der Waals surface area contributed by atoms with E-state index in [1.165, 1.54) is 33.2 Å². The summed E-state index contributed by atoms with van der Waals surface area (Å²) in [6, 6.07) is 53.9. The fourth-order valence-electron chi connectivity index (χ4n) is 9.06. The molecule has 0 N–H and O–H groups in total. The Morgan fingerprint density at radius 2 is 1.10 bits per heavy atom. The second kappa shape index (κ2) is 17.1. The number of pyridine rings is 1. The van der Waals surface area contributed by atoms with Crippen LogP contribution in [-0.4, -0.2) is 9.55 Å². The molecule has 9 rings (SSSR count). The van der Waals surface area contributed by atoms with Gasteiger partial charge < -0.3 is 19.1 Å². The zero-order chi connectivity index (χ0) is 47.1. The van der Waals surface area contributed by atoms with Gasteiger partial charge in [0.05, 0.1) is 0 Å². The summed E-state index contributed by atoms with van der Waals surface area (Å²) < 4.78 is 9.28. The molecule has 0 saturated carbocycles. The van der Waals surface area contributed by atoms with E-state index >= 15 is 0 Å². The fourth-order valence-corrected chi connectivity index (χ4v) is 9.06. The molecule has 8 aromatic rings. The molecule has 3 heterocycles. The largest absolute Gasteiger partial charge is 0.509 e. The smallest absolute Gasteiger partial charge is 0.135 e. The minimum atomic E-state index is -0.367. The van der Waals surface area contributed by atoms with Crippen LogP contribution in [0.2, 0.25) is 0 Å². The quantitative estimate of drug-likeness (QED) is 0.149. The molecule has 0 saturated heterocycles. The van der Waals surface area contributed by atoms with Crippen LogP contribution in [-0.2, 0) is 48.1 Å². The molecule has 0 bridgehead atoms. The van der Waals surface area contributed by atoms with Gasteiger partial charge in [0, 0.05) is 61.3 Å². The molecule has 348 valence electrons. The van der Waals surface area contributed by atoms with Gasteiger partial charge in [-0.25, -0.2) is 4.98 Å².